The lowest BCUT2D eigenvalue weighted by molar-refractivity contribution is -0.120. The summed E-state index contributed by atoms with van der Waals surface area (Å²) >= 11 is 14.1. The third-order valence-electron chi connectivity index (χ3n) is 9.62. The van der Waals surface area contributed by atoms with Crippen molar-refractivity contribution in [1.29, 1.82) is 0 Å². The van der Waals surface area contributed by atoms with Crippen LogP contribution in [0.3, 0.4) is 0 Å². The molecule has 3 fully saturated rings. The van der Waals surface area contributed by atoms with Crippen LogP contribution < -0.4 is 14.8 Å². The minimum Gasteiger partial charge on any atom is -0.481 e. The molecule has 10 nitrogen and oxygen atoms in total. The summed E-state index contributed by atoms with van der Waals surface area (Å²) in [4.78, 5) is 30.6. The Hall–Kier alpha value is -3.80. The third-order valence-corrected chi connectivity index (χ3v) is 10.4. The topological polar surface area (TPSA) is 113 Å². The van der Waals surface area contributed by atoms with Gasteiger partial charge in [-0.1, -0.05) is 53.5 Å². The van der Waals surface area contributed by atoms with Crippen molar-refractivity contribution in [2.75, 3.05) is 46.9 Å². The van der Waals surface area contributed by atoms with E-state index < -0.39 is 0 Å². The van der Waals surface area contributed by atoms with Crippen LogP contribution >= 0.6 is 23.2 Å². The number of benzene rings is 1. The molecule has 3 aliphatic rings. The summed E-state index contributed by atoms with van der Waals surface area (Å²) in [6.07, 6.45) is 3.61. The van der Waals surface area contributed by atoms with Gasteiger partial charge in [-0.05, 0) is 31.0 Å². The first kappa shape index (κ1) is 32.7. The van der Waals surface area contributed by atoms with E-state index in [2.05, 4.69) is 20.1 Å². The van der Waals surface area contributed by atoms with E-state index in [1.54, 1.807) is 20.4 Å². The molecular formula is C36H38Cl2N6O4. The number of rotatable bonds is 9. The molecule has 48 heavy (non-hydrogen) atoms. The number of hydrogen-bond donors (Lipinski definition) is 2. The van der Waals surface area contributed by atoms with Gasteiger partial charge < -0.3 is 19.9 Å². The molecule has 0 unspecified atom stereocenters. The number of likely N-dealkylation sites (tertiary alicyclic amines) is 2. The molecule has 7 rings (SSSR count). The SMILES string of the molecule is COc1nc(-c2cccc(-c3nccc(-c4ccc(CN5CC6(CNC(=O)C6)C5)c(OC)n4)c3Cl)c2Cl)ccc1CN1CCC(O)CC1. The van der Waals surface area contributed by atoms with Gasteiger partial charge in [0.05, 0.1) is 47.5 Å². The van der Waals surface area contributed by atoms with Crippen LogP contribution in [0.2, 0.25) is 10.0 Å². The highest BCUT2D eigenvalue weighted by atomic mass is 35.5. The van der Waals surface area contributed by atoms with E-state index in [9.17, 15) is 9.90 Å². The molecule has 0 saturated carbocycles. The molecule has 0 radical (unpaired) electrons. The molecule has 0 atom stereocenters. The highest BCUT2D eigenvalue weighted by Crippen LogP contribution is 2.42. The maximum absolute atomic E-state index is 11.7. The van der Waals surface area contributed by atoms with Gasteiger partial charge in [0.15, 0.2) is 0 Å². The molecule has 0 aliphatic carbocycles. The zero-order valence-corrected chi connectivity index (χ0v) is 28.5. The maximum Gasteiger partial charge on any atom is 0.220 e. The molecule has 1 amide bonds. The normalized spacial score (nSPS) is 18.1. The van der Waals surface area contributed by atoms with Crippen molar-refractivity contribution in [2.45, 2.75) is 38.5 Å². The van der Waals surface area contributed by atoms with Gasteiger partial charge in [0.25, 0.3) is 0 Å². The number of aliphatic hydroxyl groups is 1. The standard InChI is InChI=1S/C36H38Cl2N6O4/c1-47-34-22(17-43-14-11-24(45)12-15-43)6-8-28(41-34)25-4-3-5-27(31(25)37)33-32(38)26(10-13-39-33)29-9-7-23(35(42-29)48-2)18-44-20-36(21-44)16-30(46)40-19-36/h3-10,13,24,45H,11-12,14-21H2,1-2H3,(H,40,46). The summed E-state index contributed by atoms with van der Waals surface area (Å²) in [6, 6.07) is 15.5. The highest BCUT2D eigenvalue weighted by Gasteiger charge is 2.48. The largest absolute Gasteiger partial charge is 0.481 e. The average molecular weight is 690 g/mol. The van der Waals surface area contributed by atoms with Crippen molar-refractivity contribution in [3.8, 4) is 45.5 Å². The van der Waals surface area contributed by atoms with Crippen LogP contribution in [0, 0.1) is 5.41 Å². The number of nitrogens with zero attached hydrogens (tertiary/aromatic N) is 5. The fraction of sp³-hybridized carbons (Fsp3) is 0.389. The zero-order valence-electron chi connectivity index (χ0n) is 27.0. The zero-order chi connectivity index (χ0) is 33.4. The number of halogens is 2. The average Bonchev–Trinajstić information content (AvgIpc) is 3.48. The van der Waals surface area contributed by atoms with Crippen molar-refractivity contribution < 1.29 is 19.4 Å². The van der Waals surface area contributed by atoms with Gasteiger partial charge in [0, 0.05) is 91.7 Å². The number of pyridine rings is 3. The van der Waals surface area contributed by atoms with Gasteiger partial charge in [0.1, 0.15) is 0 Å². The fourth-order valence-corrected chi connectivity index (χ4v) is 7.75. The Bertz CT molecular complexity index is 1840. The van der Waals surface area contributed by atoms with E-state index in [1.807, 2.05) is 48.5 Å². The second kappa shape index (κ2) is 13.6. The number of hydrogen-bond acceptors (Lipinski definition) is 9. The lowest BCUT2D eigenvalue weighted by Crippen LogP contribution is -2.56. The first-order valence-corrected chi connectivity index (χ1v) is 16.9. The van der Waals surface area contributed by atoms with Gasteiger partial charge in [-0.15, -0.1) is 0 Å². The van der Waals surface area contributed by atoms with Gasteiger partial charge >= 0.3 is 0 Å². The molecule has 12 heteroatoms. The van der Waals surface area contributed by atoms with Gasteiger partial charge in [-0.2, -0.15) is 0 Å². The van der Waals surface area contributed by atoms with Crippen molar-refractivity contribution in [2.24, 2.45) is 5.41 Å². The molecule has 2 N–H and O–H groups in total. The van der Waals surface area contributed by atoms with E-state index in [-0.39, 0.29) is 17.4 Å². The number of aliphatic hydroxyl groups excluding tert-OH is 1. The Labute approximate surface area is 290 Å². The summed E-state index contributed by atoms with van der Waals surface area (Å²) < 4.78 is 11.4. The van der Waals surface area contributed by atoms with Crippen LogP contribution in [0.25, 0.3) is 33.8 Å². The van der Waals surface area contributed by atoms with E-state index in [4.69, 9.17) is 42.6 Å². The number of aromatic nitrogens is 3. The molecule has 1 aromatic carbocycles. The van der Waals surface area contributed by atoms with Crippen LogP contribution in [-0.4, -0.2) is 88.8 Å². The van der Waals surface area contributed by atoms with Gasteiger partial charge in [0.2, 0.25) is 17.7 Å². The van der Waals surface area contributed by atoms with Crippen molar-refractivity contribution in [3.05, 3.63) is 75.9 Å². The van der Waals surface area contributed by atoms with E-state index in [0.29, 0.717) is 69.5 Å². The van der Waals surface area contributed by atoms with Crippen LogP contribution in [0.1, 0.15) is 30.4 Å². The maximum atomic E-state index is 11.7. The second-order valence-electron chi connectivity index (χ2n) is 13.0. The summed E-state index contributed by atoms with van der Waals surface area (Å²) in [5.74, 6) is 1.21. The Kier molecular flexibility index (Phi) is 9.28. The summed E-state index contributed by atoms with van der Waals surface area (Å²) in [5, 5.41) is 13.7. The van der Waals surface area contributed by atoms with Gasteiger partial charge in [-0.25, -0.2) is 9.97 Å². The minimum atomic E-state index is -0.223. The van der Waals surface area contributed by atoms with Crippen molar-refractivity contribution >= 4 is 29.1 Å². The molecule has 0 bridgehead atoms. The number of methoxy groups -OCH3 is 2. The number of amides is 1. The molecule has 3 aromatic heterocycles. The predicted molar refractivity (Wildman–Crippen MR) is 185 cm³/mol. The smallest absolute Gasteiger partial charge is 0.220 e. The minimum absolute atomic E-state index is 0.0572. The summed E-state index contributed by atoms with van der Waals surface area (Å²) in [7, 11) is 3.24. The summed E-state index contributed by atoms with van der Waals surface area (Å²) in [5.41, 5.74) is 5.99. The fourth-order valence-electron chi connectivity index (χ4n) is 7.12. The Morgan fingerprint density at radius 3 is 2.06 bits per heavy atom. The van der Waals surface area contributed by atoms with Crippen LogP contribution in [-0.2, 0) is 17.9 Å². The molecule has 6 heterocycles. The number of ether oxygens (including phenoxy) is 2. The molecule has 3 saturated heterocycles. The molecule has 1 spiro atoms. The first-order valence-electron chi connectivity index (χ1n) is 16.2. The van der Waals surface area contributed by atoms with E-state index in [1.165, 1.54) is 0 Å². The summed E-state index contributed by atoms with van der Waals surface area (Å²) in [6.45, 7) is 5.53. The molecule has 250 valence electrons. The Morgan fingerprint density at radius 1 is 0.854 bits per heavy atom. The highest BCUT2D eigenvalue weighted by molar-refractivity contribution is 6.39. The number of carbonyl (C=O) groups is 1. The van der Waals surface area contributed by atoms with Crippen molar-refractivity contribution in [1.82, 2.24) is 30.1 Å². The first-order chi connectivity index (χ1) is 23.3. The number of nitrogens with one attached hydrogen (secondary N) is 1. The Balaban J connectivity index is 1.12. The third kappa shape index (κ3) is 6.47. The number of piperidine rings is 1. The van der Waals surface area contributed by atoms with Crippen molar-refractivity contribution in [3.63, 3.8) is 0 Å². The lowest BCUT2D eigenvalue weighted by Gasteiger charge is -2.47. The number of carbonyl (C=O) groups excluding carboxylic acids is 1. The molecule has 4 aromatic rings. The Morgan fingerprint density at radius 2 is 1.46 bits per heavy atom. The van der Waals surface area contributed by atoms with E-state index in [0.717, 1.165) is 62.3 Å². The molecular weight excluding hydrogens is 651 g/mol. The molecule has 3 aliphatic heterocycles. The van der Waals surface area contributed by atoms with E-state index >= 15 is 0 Å². The monoisotopic (exact) mass is 688 g/mol. The second-order valence-corrected chi connectivity index (χ2v) is 13.8. The van der Waals surface area contributed by atoms with Gasteiger partial charge in [-0.3, -0.25) is 19.6 Å². The van der Waals surface area contributed by atoms with Crippen LogP contribution in [0.4, 0.5) is 0 Å². The quantitative estimate of drug-likeness (QED) is 0.236. The van der Waals surface area contributed by atoms with Crippen LogP contribution in [0.5, 0.6) is 11.8 Å². The van der Waals surface area contributed by atoms with Crippen LogP contribution in [0.15, 0.2) is 54.7 Å². The lowest BCUT2D eigenvalue weighted by atomic mass is 9.79. The predicted octanol–water partition coefficient (Wildman–Crippen LogP) is 5.48.